The molecule has 0 aliphatic carbocycles. The Balaban J connectivity index is 3.63. The lowest BCUT2D eigenvalue weighted by molar-refractivity contribution is 0.0486. The largest absolute Gasteiger partial charge is 0.395 e. The summed E-state index contributed by atoms with van der Waals surface area (Å²) >= 11 is 0. The topological polar surface area (TPSA) is 32.3 Å². The van der Waals surface area contributed by atoms with Gasteiger partial charge in [-0.15, -0.1) is 0 Å². The molecule has 62 valence electrons. The maximum atomic E-state index is 12.0. The summed E-state index contributed by atoms with van der Waals surface area (Å²) in [6.45, 7) is 2.88. The van der Waals surface area contributed by atoms with Gasteiger partial charge in [-0.3, -0.25) is 0 Å². The van der Waals surface area contributed by atoms with Crippen LogP contribution >= 0.6 is 0 Å². The molecule has 0 fully saturated rings. The highest BCUT2D eigenvalue weighted by molar-refractivity contribution is 4.79. The summed E-state index contributed by atoms with van der Waals surface area (Å²) in [6, 6.07) is 0. The summed E-state index contributed by atoms with van der Waals surface area (Å²) < 4.78 is 24.0. The third kappa shape index (κ3) is 3.08. The summed E-state index contributed by atoms with van der Waals surface area (Å²) in [7, 11) is 0. The minimum Gasteiger partial charge on any atom is -0.395 e. The highest BCUT2D eigenvalue weighted by Gasteiger charge is 2.27. The first-order valence-electron chi connectivity index (χ1n) is 3.14. The number of aliphatic hydroxyl groups is 1. The van der Waals surface area contributed by atoms with Crippen LogP contribution in [0.15, 0.2) is 0 Å². The van der Waals surface area contributed by atoms with Gasteiger partial charge in [-0.05, 0) is 13.8 Å². The van der Waals surface area contributed by atoms with Crippen LogP contribution in [0.3, 0.4) is 0 Å². The molecule has 4 heteroatoms. The molecule has 0 heterocycles. The number of halogens is 2. The van der Waals surface area contributed by atoms with Crippen LogP contribution in [0.5, 0.6) is 0 Å². The summed E-state index contributed by atoms with van der Waals surface area (Å²) in [5.74, 6) is 0. The van der Waals surface area contributed by atoms with Gasteiger partial charge in [0.05, 0.1) is 12.1 Å². The van der Waals surface area contributed by atoms with Crippen LogP contribution < -0.4 is 5.32 Å². The molecule has 0 aliphatic heterocycles. The Labute approximate surface area is 59.2 Å². The maximum absolute atomic E-state index is 12.0. The van der Waals surface area contributed by atoms with Crippen molar-refractivity contribution in [3.05, 3.63) is 0 Å². The summed E-state index contributed by atoms with van der Waals surface area (Å²) in [5.41, 5.74) is -1.19. The molecule has 0 rings (SSSR count). The third-order valence-corrected chi connectivity index (χ3v) is 1.24. The second kappa shape index (κ2) is 3.83. The molecule has 10 heavy (non-hydrogen) atoms. The van der Waals surface area contributed by atoms with E-state index < -0.39 is 12.0 Å². The van der Waals surface area contributed by atoms with E-state index in [1.54, 1.807) is 0 Å². The van der Waals surface area contributed by atoms with E-state index in [0.717, 1.165) is 0 Å². The lowest BCUT2D eigenvalue weighted by Crippen LogP contribution is -2.46. The molecule has 2 N–H and O–H groups in total. The average Bonchev–Trinajstić information content (AvgIpc) is 1.84. The lowest BCUT2D eigenvalue weighted by atomic mass is 10.1. The molecule has 0 amide bonds. The molecule has 0 aliphatic rings. The Hall–Kier alpha value is -0.220. The Kier molecular flexibility index (Phi) is 3.75. The smallest absolute Gasteiger partial charge is 0.255 e. The third-order valence-electron chi connectivity index (χ3n) is 1.24. The molecule has 0 aromatic carbocycles. The highest BCUT2D eigenvalue weighted by atomic mass is 19.3. The summed E-state index contributed by atoms with van der Waals surface area (Å²) in [5, 5.41) is 10.8. The molecule has 0 aromatic rings. The molecule has 0 saturated heterocycles. The fourth-order valence-electron chi connectivity index (χ4n) is 0.455. The zero-order valence-electron chi connectivity index (χ0n) is 6.19. The van der Waals surface area contributed by atoms with E-state index in [9.17, 15) is 8.78 Å². The Morgan fingerprint density at radius 1 is 1.50 bits per heavy atom. The van der Waals surface area contributed by atoms with Crippen molar-refractivity contribution in [3.63, 3.8) is 0 Å². The molecule has 2 nitrogen and oxygen atoms in total. The number of rotatable bonds is 4. The maximum Gasteiger partial charge on any atom is 0.255 e. The van der Waals surface area contributed by atoms with E-state index in [0.29, 0.717) is 0 Å². The van der Waals surface area contributed by atoms with Crippen LogP contribution in [0.1, 0.15) is 13.8 Å². The summed E-state index contributed by atoms with van der Waals surface area (Å²) in [6.07, 6.45) is -2.40. The molecular formula is C6H13F2NO. The fourth-order valence-corrected chi connectivity index (χ4v) is 0.455. The van der Waals surface area contributed by atoms with E-state index in [2.05, 4.69) is 5.32 Å². The summed E-state index contributed by atoms with van der Waals surface area (Å²) in [4.78, 5) is 0. The SMILES string of the molecule is CC(C)(NCCO)C(F)F. The standard InChI is InChI=1S/C6H13F2NO/c1-6(2,5(7)8)9-3-4-10/h5,9-10H,3-4H2,1-2H3. The second-order valence-corrected chi connectivity index (χ2v) is 2.67. The van der Waals surface area contributed by atoms with Crippen LogP contribution in [-0.4, -0.2) is 30.2 Å². The monoisotopic (exact) mass is 153 g/mol. The fraction of sp³-hybridized carbons (Fsp3) is 1.00. The molecule has 0 spiro atoms. The molecule has 0 aromatic heterocycles. The van der Waals surface area contributed by atoms with E-state index >= 15 is 0 Å². The van der Waals surface area contributed by atoms with Gasteiger partial charge in [0.1, 0.15) is 0 Å². The van der Waals surface area contributed by atoms with Crippen LogP contribution in [0.25, 0.3) is 0 Å². The average molecular weight is 153 g/mol. The van der Waals surface area contributed by atoms with Crippen LogP contribution in [0, 0.1) is 0 Å². The molecular weight excluding hydrogens is 140 g/mol. The van der Waals surface area contributed by atoms with Crippen molar-refractivity contribution in [1.82, 2.24) is 5.32 Å². The van der Waals surface area contributed by atoms with Crippen molar-refractivity contribution in [2.24, 2.45) is 0 Å². The van der Waals surface area contributed by atoms with E-state index in [4.69, 9.17) is 5.11 Å². The highest BCUT2D eigenvalue weighted by Crippen LogP contribution is 2.12. The van der Waals surface area contributed by atoms with Gasteiger partial charge < -0.3 is 10.4 Å². The lowest BCUT2D eigenvalue weighted by Gasteiger charge is -2.24. The van der Waals surface area contributed by atoms with Crippen LogP contribution in [-0.2, 0) is 0 Å². The quantitative estimate of drug-likeness (QED) is 0.620. The zero-order chi connectivity index (χ0) is 8.20. The first-order valence-corrected chi connectivity index (χ1v) is 3.14. The Bertz CT molecular complexity index is 95.7. The van der Waals surface area contributed by atoms with Gasteiger partial charge in [-0.25, -0.2) is 8.78 Å². The minimum absolute atomic E-state index is 0.115. The number of hydrogen-bond donors (Lipinski definition) is 2. The number of hydrogen-bond acceptors (Lipinski definition) is 2. The van der Waals surface area contributed by atoms with Gasteiger partial charge in [-0.1, -0.05) is 0 Å². The van der Waals surface area contributed by atoms with Crippen molar-refractivity contribution in [1.29, 1.82) is 0 Å². The van der Waals surface area contributed by atoms with Crippen LogP contribution in [0.4, 0.5) is 8.78 Å². The molecule has 0 radical (unpaired) electrons. The molecule has 0 unspecified atom stereocenters. The van der Waals surface area contributed by atoms with Gasteiger partial charge in [0.25, 0.3) is 6.43 Å². The van der Waals surface area contributed by atoms with Gasteiger partial charge in [-0.2, -0.15) is 0 Å². The van der Waals surface area contributed by atoms with Gasteiger partial charge in [0.15, 0.2) is 0 Å². The molecule has 0 atom stereocenters. The number of β-amino-alcohol motifs (C(OH)–C–C–N with tert-alkyl or cyclic N) is 1. The predicted octanol–water partition coefficient (Wildman–Crippen LogP) is 0.612. The number of aliphatic hydroxyl groups excluding tert-OH is 1. The number of alkyl halides is 2. The van der Waals surface area contributed by atoms with E-state index in [-0.39, 0.29) is 13.2 Å². The van der Waals surface area contributed by atoms with Crippen molar-refractivity contribution < 1.29 is 13.9 Å². The Morgan fingerprint density at radius 2 is 2.00 bits per heavy atom. The van der Waals surface area contributed by atoms with E-state index in [1.165, 1.54) is 13.8 Å². The van der Waals surface area contributed by atoms with Gasteiger partial charge in [0.2, 0.25) is 0 Å². The Morgan fingerprint density at radius 3 is 2.30 bits per heavy atom. The normalized spacial score (nSPS) is 12.6. The van der Waals surface area contributed by atoms with Gasteiger partial charge >= 0.3 is 0 Å². The van der Waals surface area contributed by atoms with Crippen molar-refractivity contribution in [3.8, 4) is 0 Å². The van der Waals surface area contributed by atoms with Crippen molar-refractivity contribution in [2.75, 3.05) is 13.2 Å². The van der Waals surface area contributed by atoms with Crippen molar-refractivity contribution in [2.45, 2.75) is 25.8 Å². The first-order chi connectivity index (χ1) is 4.50. The molecule has 0 saturated carbocycles. The van der Waals surface area contributed by atoms with E-state index in [1.807, 2.05) is 0 Å². The minimum atomic E-state index is -2.40. The second-order valence-electron chi connectivity index (χ2n) is 2.67. The van der Waals surface area contributed by atoms with Crippen molar-refractivity contribution >= 4 is 0 Å². The molecule has 0 bridgehead atoms. The van der Waals surface area contributed by atoms with Crippen LogP contribution in [0.2, 0.25) is 0 Å². The first kappa shape index (κ1) is 9.78. The number of nitrogens with one attached hydrogen (secondary N) is 1. The predicted molar refractivity (Wildman–Crippen MR) is 35.2 cm³/mol. The zero-order valence-corrected chi connectivity index (χ0v) is 6.19. The van der Waals surface area contributed by atoms with Gasteiger partial charge in [0, 0.05) is 6.54 Å².